The van der Waals surface area contributed by atoms with E-state index < -0.39 is 6.10 Å². The lowest BCUT2D eigenvalue weighted by molar-refractivity contribution is 0.186. The first-order valence-corrected chi connectivity index (χ1v) is 9.73. The van der Waals surface area contributed by atoms with Gasteiger partial charge in [-0.3, -0.25) is 9.89 Å². The molecular formula is C20H33IN4O2. The average molecular weight is 488 g/mol. The molecule has 3 N–H and O–H groups in total. The molecule has 3 atom stereocenters. The summed E-state index contributed by atoms with van der Waals surface area (Å²) in [7, 11) is 1.63. The van der Waals surface area contributed by atoms with E-state index in [2.05, 4.69) is 34.4 Å². The van der Waals surface area contributed by atoms with E-state index in [1.807, 2.05) is 24.3 Å². The van der Waals surface area contributed by atoms with E-state index in [0.717, 1.165) is 42.8 Å². The van der Waals surface area contributed by atoms with Crippen LogP contribution in [0.5, 0.6) is 5.75 Å². The van der Waals surface area contributed by atoms with E-state index in [1.54, 1.807) is 7.11 Å². The number of rotatable bonds is 7. The predicted molar refractivity (Wildman–Crippen MR) is 120 cm³/mol. The first-order valence-electron chi connectivity index (χ1n) is 9.73. The summed E-state index contributed by atoms with van der Waals surface area (Å²) in [6.07, 6.45) is 3.18. The Morgan fingerprint density at radius 1 is 1.41 bits per heavy atom. The molecule has 0 amide bonds. The largest absolute Gasteiger partial charge is 0.497 e. The Morgan fingerprint density at radius 2 is 2.19 bits per heavy atom. The first-order chi connectivity index (χ1) is 12.6. The van der Waals surface area contributed by atoms with Crippen LogP contribution in [0.3, 0.4) is 0 Å². The third-order valence-corrected chi connectivity index (χ3v) is 5.22. The van der Waals surface area contributed by atoms with Crippen LogP contribution in [0.15, 0.2) is 29.3 Å². The SMILES string of the molecule is CCNC(=NCC(O)c1cccc(OC)c1)NC1CC(C)N(C2CC2)C1.I. The highest BCUT2D eigenvalue weighted by molar-refractivity contribution is 14.0. The van der Waals surface area contributed by atoms with Crippen molar-refractivity contribution in [2.24, 2.45) is 4.99 Å². The van der Waals surface area contributed by atoms with Gasteiger partial charge in [0.1, 0.15) is 5.75 Å². The Morgan fingerprint density at radius 3 is 2.85 bits per heavy atom. The number of hydrogen-bond donors (Lipinski definition) is 3. The molecule has 0 radical (unpaired) electrons. The van der Waals surface area contributed by atoms with Crippen LogP contribution in [0.2, 0.25) is 0 Å². The average Bonchev–Trinajstić information content (AvgIpc) is 3.43. The minimum Gasteiger partial charge on any atom is -0.497 e. The standard InChI is InChI=1S/C20H32N4O2.HI/c1-4-21-20(23-16-10-14(2)24(13-16)17-8-9-17)22-12-19(25)15-6-5-7-18(11-15)26-3;/h5-7,11,14,16-17,19,25H,4,8-10,12-13H2,1-3H3,(H2,21,22,23);1H. The maximum Gasteiger partial charge on any atom is 0.191 e. The number of ether oxygens (including phenoxy) is 1. The molecule has 7 heteroatoms. The monoisotopic (exact) mass is 488 g/mol. The minimum atomic E-state index is -0.647. The molecule has 0 spiro atoms. The lowest BCUT2D eigenvalue weighted by atomic mass is 10.1. The zero-order valence-electron chi connectivity index (χ0n) is 16.5. The molecule has 1 aliphatic carbocycles. The van der Waals surface area contributed by atoms with Crippen LogP contribution in [0.4, 0.5) is 0 Å². The summed E-state index contributed by atoms with van der Waals surface area (Å²) in [6, 6.07) is 9.35. The number of likely N-dealkylation sites (tertiary alicyclic amines) is 1. The molecule has 0 aromatic heterocycles. The zero-order valence-corrected chi connectivity index (χ0v) is 18.8. The summed E-state index contributed by atoms with van der Waals surface area (Å²) >= 11 is 0. The molecule has 1 saturated heterocycles. The lowest BCUT2D eigenvalue weighted by Crippen LogP contribution is -2.45. The van der Waals surface area contributed by atoms with Crippen molar-refractivity contribution in [3.63, 3.8) is 0 Å². The van der Waals surface area contributed by atoms with Gasteiger partial charge in [0, 0.05) is 31.2 Å². The smallest absolute Gasteiger partial charge is 0.191 e. The van der Waals surface area contributed by atoms with Crippen molar-refractivity contribution in [3.8, 4) is 5.75 Å². The molecule has 0 bridgehead atoms. The molecule has 6 nitrogen and oxygen atoms in total. The number of halogens is 1. The number of nitrogens with zero attached hydrogens (tertiary/aromatic N) is 2. The van der Waals surface area contributed by atoms with Gasteiger partial charge in [-0.05, 0) is 50.8 Å². The Labute approximate surface area is 179 Å². The van der Waals surface area contributed by atoms with Gasteiger partial charge in [-0.15, -0.1) is 24.0 Å². The summed E-state index contributed by atoms with van der Waals surface area (Å²) in [6.45, 7) is 6.57. The molecule has 2 fully saturated rings. The van der Waals surface area contributed by atoms with Gasteiger partial charge in [0.25, 0.3) is 0 Å². The Balaban J connectivity index is 0.00000261. The lowest BCUT2D eigenvalue weighted by Gasteiger charge is -2.20. The van der Waals surface area contributed by atoms with Gasteiger partial charge in [0.2, 0.25) is 0 Å². The maximum absolute atomic E-state index is 10.5. The molecule has 1 heterocycles. The van der Waals surface area contributed by atoms with E-state index in [4.69, 9.17) is 4.74 Å². The molecule has 1 aliphatic heterocycles. The van der Waals surface area contributed by atoms with E-state index >= 15 is 0 Å². The molecular weight excluding hydrogens is 455 g/mol. The third-order valence-electron chi connectivity index (χ3n) is 5.22. The van der Waals surface area contributed by atoms with E-state index in [1.165, 1.54) is 12.8 Å². The Bertz CT molecular complexity index is 624. The van der Waals surface area contributed by atoms with Gasteiger partial charge in [-0.2, -0.15) is 0 Å². The summed E-state index contributed by atoms with van der Waals surface area (Å²) in [5, 5.41) is 17.3. The molecule has 3 rings (SSSR count). The summed E-state index contributed by atoms with van der Waals surface area (Å²) in [4.78, 5) is 7.22. The normalized spacial score (nSPS) is 24.2. The molecule has 2 aliphatic rings. The number of aliphatic hydroxyl groups is 1. The van der Waals surface area contributed by atoms with E-state index in [0.29, 0.717) is 18.6 Å². The number of aliphatic hydroxyl groups excluding tert-OH is 1. The zero-order chi connectivity index (χ0) is 18.5. The number of hydrogen-bond acceptors (Lipinski definition) is 4. The van der Waals surface area contributed by atoms with Crippen LogP contribution in [-0.4, -0.2) is 60.8 Å². The van der Waals surface area contributed by atoms with Crippen molar-refractivity contribution in [1.82, 2.24) is 15.5 Å². The Hall–Kier alpha value is -1.06. The highest BCUT2D eigenvalue weighted by atomic mass is 127. The van der Waals surface area contributed by atoms with Gasteiger partial charge in [-0.25, -0.2) is 0 Å². The number of benzene rings is 1. The van der Waals surface area contributed by atoms with Crippen molar-refractivity contribution in [2.45, 2.75) is 57.3 Å². The Kier molecular flexibility index (Phi) is 8.62. The fourth-order valence-electron chi connectivity index (χ4n) is 3.72. The fourth-order valence-corrected chi connectivity index (χ4v) is 3.72. The topological polar surface area (TPSA) is 69.1 Å². The number of guanidine groups is 1. The molecule has 1 aromatic carbocycles. The van der Waals surface area contributed by atoms with Crippen LogP contribution >= 0.6 is 24.0 Å². The van der Waals surface area contributed by atoms with Crippen molar-refractivity contribution >= 4 is 29.9 Å². The predicted octanol–water partition coefficient (Wildman–Crippen LogP) is 2.53. The van der Waals surface area contributed by atoms with Crippen molar-refractivity contribution in [3.05, 3.63) is 29.8 Å². The highest BCUT2D eigenvalue weighted by Gasteiger charge is 2.38. The van der Waals surface area contributed by atoms with E-state index in [9.17, 15) is 5.11 Å². The van der Waals surface area contributed by atoms with E-state index in [-0.39, 0.29) is 24.0 Å². The summed E-state index contributed by atoms with van der Waals surface area (Å²) in [5.74, 6) is 1.53. The minimum absolute atomic E-state index is 0. The van der Waals surface area contributed by atoms with Crippen LogP contribution in [0.1, 0.15) is 44.8 Å². The maximum atomic E-state index is 10.5. The fraction of sp³-hybridized carbons (Fsp3) is 0.650. The summed E-state index contributed by atoms with van der Waals surface area (Å²) < 4.78 is 5.23. The van der Waals surface area contributed by atoms with Gasteiger partial charge in [0.15, 0.2) is 5.96 Å². The van der Waals surface area contributed by atoms with Gasteiger partial charge >= 0.3 is 0 Å². The molecule has 152 valence electrons. The third kappa shape index (κ3) is 6.22. The molecule has 27 heavy (non-hydrogen) atoms. The number of methoxy groups -OCH3 is 1. The van der Waals surface area contributed by atoms with Gasteiger partial charge in [-0.1, -0.05) is 12.1 Å². The highest BCUT2D eigenvalue weighted by Crippen LogP contribution is 2.33. The van der Waals surface area contributed by atoms with Gasteiger partial charge < -0.3 is 20.5 Å². The van der Waals surface area contributed by atoms with Crippen LogP contribution < -0.4 is 15.4 Å². The molecule has 1 saturated carbocycles. The van der Waals surface area contributed by atoms with Crippen LogP contribution in [0.25, 0.3) is 0 Å². The quantitative estimate of drug-likeness (QED) is 0.313. The molecule has 3 unspecified atom stereocenters. The summed E-state index contributed by atoms with van der Waals surface area (Å²) in [5.41, 5.74) is 0.818. The second-order valence-corrected chi connectivity index (χ2v) is 7.37. The van der Waals surface area contributed by atoms with Crippen molar-refractivity contribution in [1.29, 1.82) is 0 Å². The van der Waals surface area contributed by atoms with Crippen molar-refractivity contribution in [2.75, 3.05) is 26.7 Å². The van der Waals surface area contributed by atoms with Gasteiger partial charge in [0.05, 0.1) is 19.8 Å². The second-order valence-electron chi connectivity index (χ2n) is 7.37. The van der Waals surface area contributed by atoms with Crippen LogP contribution in [-0.2, 0) is 0 Å². The first kappa shape index (κ1) is 22.2. The number of nitrogens with one attached hydrogen (secondary N) is 2. The molecule has 1 aromatic rings. The number of aliphatic imine (C=N–C) groups is 1. The van der Waals surface area contributed by atoms with Crippen LogP contribution in [0, 0.1) is 0 Å². The second kappa shape index (κ2) is 10.5. The van der Waals surface area contributed by atoms with Crippen molar-refractivity contribution < 1.29 is 9.84 Å².